The van der Waals surface area contributed by atoms with Crippen molar-refractivity contribution in [2.24, 2.45) is 0 Å². The van der Waals surface area contributed by atoms with Gasteiger partial charge in [0.05, 0.1) is 23.5 Å². The second-order valence-corrected chi connectivity index (χ2v) is 6.65. The molecule has 0 fully saturated rings. The maximum Gasteiger partial charge on any atom is 0.229 e. The molecule has 136 valence electrons. The molecule has 0 aliphatic heterocycles. The van der Waals surface area contributed by atoms with E-state index in [1.165, 1.54) is 6.07 Å². The van der Waals surface area contributed by atoms with Crippen molar-refractivity contribution in [2.75, 3.05) is 5.32 Å². The number of phenols is 1. The lowest BCUT2D eigenvalue weighted by Gasteiger charge is -2.20. The summed E-state index contributed by atoms with van der Waals surface area (Å²) >= 11 is 0. The van der Waals surface area contributed by atoms with Crippen molar-refractivity contribution in [3.8, 4) is 17.0 Å². The fourth-order valence-electron chi connectivity index (χ4n) is 3.29. The number of benzene rings is 2. The van der Waals surface area contributed by atoms with Crippen LogP contribution in [-0.2, 0) is 24.1 Å². The first kappa shape index (κ1) is 17.1. The lowest BCUT2D eigenvalue weighted by Crippen LogP contribution is -2.19. The molecular weight excluding hydrogens is 345 g/mol. The number of hydrogen-bond acceptors (Lipinski definition) is 4. The van der Waals surface area contributed by atoms with Gasteiger partial charge < -0.3 is 10.4 Å². The van der Waals surface area contributed by atoms with Gasteiger partial charge in [0.2, 0.25) is 5.91 Å². The summed E-state index contributed by atoms with van der Waals surface area (Å²) in [5.74, 6) is 0.162. The van der Waals surface area contributed by atoms with Gasteiger partial charge in [-0.3, -0.25) is 4.79 Å². The molecule has 2 N–H and O–H groups in total. The number of halogens is 1. The fourth-order valence-corrected chi connectivity index (χ4v) is 3.29. The monoisotopic (exact) mass is 363 g/mol. The number of hydrogen-bond donors (Lipinski definition) is 2. The maximum atomic E-state index is 13.5. The van der Waals surface area contributed by atoms with Gasteiger partial charge in [-0.2, -0.15) is 0 Å². The van der Waals surface area contributed by atoms with Gasteiger partial charge in [0, 0.05) is 5.56 Å². The molecule has 2 aromatic carbocycles. The number of fused-ring (bicyclic) bond motifs is 3. The number of aromatic hydroxyl groups is 1. The summed E-state index contributed by atoms with van der Waals surface area (Å²) in [5.41, 5.74) is 4.80. The molecule has 0 unspecified atom stereocenters. The molecule has 0 radical (unpaired) electrons. The summed E-state index contributed by atoms with van der Waals surface area (Å²) < 4.78 is 13.5. The Morgan fingerprint density at radius 2 is 1.93 bits per heavy atom. The first-order valence-electron chi connectivity index (χ1n) is 8.73. The smallest absolute Gasteiger partial charge is 0.229 e. The molecule has 0 atom stereocenters. The molecule has 1 aromatic heterocycles. The molecule has 27 heavy (non-hydrogen) atoms. The normalized spacial score (nSPS) is 12.2. The molecule has 6 heteroatoms. The molecule has 0 spiro atoms. The number of nitrogens with zero attached hydrogens (tertiary/aromatic N) is 2. The molecule has 1 aliphatic carbocycles. The third-order valence-electron chi connectivity index (χ3n) is 4.65. The second kappa shape index (κ2) is 6.79. The summed E-state index contributed by atoms with van der Waals surface area (Å²) in [6, 6.07) is 11.2. The number of anilines is 1. The quantitative estimate of drug-likeness (QED) is 0.746. The van der Waals surface area contributed by atoms with Gasteiger partial charge in [0.1, 0.15) is 11.6 Å². The SMILES string of the molecule is Cc1nc2c(nc1NC(=O)Cc1ccc(O)cc1)CCc1cc(F)ccc1-2. The molecule has 0 saturated carbocycles. The molecule has 1 aliphatic rings. The van der Waals surface area contributed by atoms with E-state index in [0.29, 0.717) is 24.4 Å². The molecule has 0 saturated heterocycles. The minimum absolute atomic E-state index is 0.163. The van der Waals surface area contributed by atoms with Crippen LogP contribution < -0.4 is 5.32 Å². The Kier molecular flexibility index (Phi) is 4.32. The highest BCUT2D eigenvalue weighted by Crippen LogP contribution is 2.32. The van der Waals surface area contributed by atoms with Gasteiger partial charge in [-0.25, -0.2) is 14.4 Å². The Balaban J connectivity index is 1.57. The van der Waals surface area contributed by atoms with Crippen molar-refractivity contribution >= 4 is 11.7 Å². The molecule has 4 rings (SSSR count). The Bertz CT molecular complexity index is 1030. The van der Waals surface area contributed by atoms with Crippen LogP contribution in [0.25, 0.3) is 11.3 Å². The molecule has 5 nitrogen and oxygen atoms in total. The molecule has 1 heterocycles. The summed E-state index contributed by atoms with van der Waals surface area (Å²) in [6.45, 7) is 1.79. The largest absolute Gasteiger partial charge is 0.508 e. The van der Waals surface area contributed by atoms with Gasteiger partial charge >= 0.3 is 0 Å². The van der Waals surface area contributed by atoms with E-state index in [1.54, 1.807) is 43.3 Å². The van der Waals surface area contributed by atoms with Crippen molar-refractivity contribution in [3.05, 3.63) is 70.8 Å². The third-order valence-corrected chi connectivity index (χ3v) is 4.65. The predicted molar refractivity (Wildman–Crippen MR) is 100 cm³/mol. The Morgan fingerprint density at radius 3 is 2.70 bits per heavy atom. The highest BCUT2D eigenvalue weighted by Gasteiger charge is 2.21. The van der Waals surface area contributed by atoms with Crippen LogP contribution in [0, 0.1) is 12.7 Å². The van der Waals surface area contributed by atoms with Crippen molar-refractivity contribution < 1.29 is 14.3 Å². The highest BCUT2D eigenvalue weighted by atomic mass is 19.1. The lowest BCUT2D eigenvalue weighted by atomic mass is 9.91. The van der Waals surface area contributed by atoms with Crippen LogP contribution in [0.2, 0.25) is 0 Å². The minimum atomic E-state index is -0.250. The van der Waals surface area contributed by atoms with E-state index in [2.05, 4.69) is 15.3 Å². The molecular formula is C21H18FN3O2. The Labute approximate surface area is 155 Å². The van der Waals surface area contributed by atoms with E-state index >= 15 is 0 Å². The predicted octanol–water partition coefficient (Wildman–Crippen LogP) is 3.58. The van der Waals surface area contributed by atoms with Crippen molar-refractivity contribution in [2.45, 2.75) is 26.2 Å². The van der Waals surface area contributed by atoms with E-state index in [-0.39, 0.29) is 23.9 Å². The van der Waals surface area contributed by atoms with Crippen LogP contribution in [-0.4, -0.2) is 21.0 Å². The van der Waals surface area contributed by atoms with Crippen LogP contribution in [0.4, 0.5) is 10.2 Å². The number of aromatic nitrogens is 2. The number of rotatable bonds is 3. The molecule has 0 bridgehead atoms. The van der Waals surface area contributed by atoms with Gasteiger partial charge in [0.15, 0.2) is 5.82 Å². The van der Waals surface area contributed by atoms with E-state index in [9.17, 15) is 14.3 Å². The van der Waals surface area contributed by atoms with Gasteiger partial charge in [-0.05, 0) is 61.2 Å². The number of phenolic OH excluding ortho intramolecular Hbond substituents is 1. The minimum Gasteiger partial charge on any atom is -0.508 e. The molecule has 1 amide bonds. The van der Waals surface area contributed by atoms with Gasteiger partial charge in [-0.1, -0.05) is 12.1 Å². The van der Waals surface area contributed by atoms with Crippen molar-refractivity contribution in [3.63, 3.8) is 0 Å². The van der Waals surface area contributed by atoms with E-state index in [1.807, 2.05) is 0 Å². The van der Waals surface area contributed by atoms with Crippen molar-refractivity contribution in [1.82, 2.24) is 9.97 Å². The number of aryl methyl sites for hydroxylation is 3. The summed E-state index contributed by atoms with van der Waals surface area (Å²) in [7, 11) is 0. The first-order valence-corrected chi connectivity index (χ1v) is 8.73. The Hall–Kier alpha value is -3.28. The summed E-state index contributed by atoms with van der Waals surface area (Å²) in [5, 5.41) is 12.1. The summed E-state index contributed by atoms with van der Waals surface area (Å²) in [6.07, 6.45) is 1.53. The maximum absolute atomic E-state index is 13.5. The fraction of sp³-hybridized carbons (Fsp3) is 0.190. The molecule has 3 aromatic rings. The zero-order valence-electron chi connectivity index (χ0n) is 14.8. The van der Waals surface area contributed by atoms with Crippen LogP contribution in [0.15, 0.2) is 42.5 Å². The van der Waals surface area contributed by atoms with Crippen molar-refractivity contribution in [1.29, 1.82) is 0 Å². The average molecular weight is 363 g/mol. The van der Waals surface area contributed by atoms with E-state index in [0.717, 1.165) is 28.1 Å². The van der Waals surface area contributed by atoms with Gasteiger partial charge in [0.25, 0.3) is 0 Å². The zero-order chi connectivity index (χ0) is 19.0. The van der Waals surface area contributed by atoms with Crippen LogP contribution >= 0.6 is 0 Å². The standard InChI is InChI=1S/C21H18FN3O2/c1-12-21(25-19(27)10-13-2-6-16(26)7-3-13)24-18-9-4-14-11-15(22)5-8-17(14)20(18)23-12/h2-3,5-8,11,26H,4,9-10H2,1H3,(H,24,25,27). The summed E-state index contributed by atoms with van der Waals surface area (Å²) in [4.78, 5) is 21.6. The zero-order valence-corrected chi connectivity index (χ0v) is 14.8. The third kappa shape index (κ3) is 3.51. The Morgan fingerprint density at radius 1 is 1.15 bits per heavy atom. The lowest BCUT2D eigenvalue weighted by molar-refractivity contribution is -0.115. The first-order chi connectivity index (χ1) is 13.0. The van der Waals surface area contributed by atoms with Crippen LogP contribution in [0.5, 0.6) is 5.75 Å². The van der Waals surface area contributed by atoms with E-state index < -0.39 is 0 Å². The van der Waals surface area contributed by atoms with Crippen LogP contribution in [0.3, 0.4) is 0 Å². The number of nitrogens with one attached hydrogen (secondary N) is 1. The highest BCUT2D eigenvalue weighted by molar-refractivity contribution is 5.92. The van der Waals surface area contributed by atoms with E-state index in [4.69, 9.17) is 0 Å². The number of carbonyl (C=O) groups excluding carboxylic acids is 1. The van der Waals surface area contributed by atoms with Crippen LogP contribution in [0.1, 0.15) is 22.5 Å². The number of amides is 1. The number of carbonyl (C=O) groups is 1. The van der Waals surface area contributed by atoms with Gasteiger partial charge in [-0.15, -0.1) is 0 Å². The second-order valence-electron chi connectivity index (χ2n) is 6.65. The topological polar surface area (TPSA) is 75.1 Å². The average Bonchev–Trinajstić information content (AvgIpc) is 2.64.